The summed E-state index contributed by atoms with van der Waals surface area (Å²) in [5.41, 5.74) is -2.53. The average Bonchev–Trinajstić information content (AvgIpc) is 3.27. The molecule has 2 aliphatic rings. The van der Waals surface area contributed by atoms with Gasteiger partial charge in [0.05, 0.1) is 30.1 Å². The van der Waals surface area contributed by atoms with E-state index in [1.165, 1.54) is 58.9 Å². The van der Waals surface area contributed by atoms with Crippen LogP contribution in [0.25, 0.3) is 0 Å². The monoisotopic (exact) mass is 1020 g/mol. The molecule has 12 atom stereocenters. The molecule has 402 valence electrons. The highest BCUT2D eigenvalue weighted by atomic mass is 16.8. The van der Waals surface area contributed by atoms with Crippen molar-refractivity contribution in [1.29, 1.82) is 0 Å². The molecule has 0 spiro atoms. The van der Waals surface area contributed by atoms with Crippen molar-refractivity contribution in [3.8, 4) is 0 Å². The molecule has 22 nitrogen and oxygen atoms in total. The summed E-state index contributed by atoms with van der Waals surface area (Å²) in [5, 5.41) is 9.34. The first-order chi connectivity index (χ1) is 33.5. The van der Waals surface area contributed by atoms with Gasteiger partial charge in [0.15, 0.2) is 49.2 Å². The number of carboxylic acid groups (broad SMARTS) is 1. The minimum atomic E-state index is -1.64. The Kier molecular flexibility index (Phi) is 24.8. The zero-order valence-corrected chi connectivity index (χ0v) is 42.9. The molecule has 0 saturated carbocycles. The van der Waals surface area contributed by atoms with E-state index in [0.717, 1.165) is 27.7 Å². The molecule has 0 radical (unpaired) electrons. The number of rotatable bonds is 28. The molecular weight excluding hydrogens is 953 g/mol. The van der Waals surface area contributed by atoms with Crippen molar-refractivity contribution in [2.45, 2.75) is 200 Å². The molecule has 2 saturated heterocycles. The lowest BCUT2D eigenvalue weighted by Gasteiger charge is -2.46. The summed E-state index contributed by atoms with van der Waals surface area (Å²) >= 11 is 0. The first kappa shape index (κ1) is 62.0. The number of ether oxygens (including phenoxy) is 11. The van der Waals surface area contributed by atoms with Crippen LogP contribution in [0.1, 0.15) is 128 Å². The van der Waals surface area contributed by atoms with Gasteiger partial charge in [0.25, 0.3) is 0 Å². The molecule has 0 amide bonds. The fourth-order valence-corrected chi connectivity index (χ4v) is 7.24. The number of ketones is 2. The Balaban J connectivity index is 2.53. The van der Waals surface area contributed by atoms with Gasteiger partial charge < -0.3 is 66.8 Å². The van der Waals surface area contributed by atoms with Crippen LogP contribution in [-0.2, 0) is 100 Å². The van der Waals surface area contributed by atoms with E-state index in [4.69, 9.17) is 52.1 Å². The molecule has 0 aromatic carbocycles. The second-order valence-corrected chi connectivity index (χ2v) is 17.9. The van der Waals surface area contributed by atoms with Crippen molar-refractivity contribution in [1.82, 2.24) is 0 Å². The molecule has 0 aromatic rings. The number of allylic oxidation sites excluding steroid dienone is 2. The molecule has 0 bridgehead atoms. The van der Waals surface area contributed by atoms with E-state index in [1.54, 1.807) is 13.8 Å². The van der Waals surface area contributed by atoms with Gasteiger partial charge in [-0.2, -0.15) is 0 Å². The average molecular weight is 1020 g/mol. The minimum absolute atomic E-state index is 0.0277. The van der Waals surface area contributed by atoms with E-state index >= 15 is 0 Å². The van der Waals surface area contributed by atoms with Crippen LogP contribution in [0.15, 0.2) is 48.6 Å². The highest BCUT2D eigenvalue weighted by Gasteiger charge is 2.55. The van der Waals surface area contributed by atoms with E-state index < -0.39 is 133 Å². The fraction of sp³-hybridized carbons (Fsp3) is 0.640. The second-order valence-electron chi connectivity index (χ2n) is 17.9. The predicted molar refractivity (Wildman–Crippen MR) is 249 cm³/mol. The summed E-state index contributed by atoms with van der Waals surface area (Å²) in [7, 11) is 0. The minimum Gasteiger partial charge on any atom is -0.478 e. The Bertz CT molecular complexity index is 2070. The molecule has 2 aliphatic heterocycles. The van der Waals surface area contributed by atoms with Crippen molar-refractivity contribution in [2.24, 2.45) is 0 Å². The third-order valence-corrected chi connectivity index (χ3v) is 11.3. The van der Waals surface area contributed by atoms with Crippen LogP contribution in [0.4, 0.5) is 0 Å². The standard InChI is InChI=1S/C50H70O22/c1-14-49(12,24-16-18-27(3)45(59)60)71-47-44(69-38(58)23-21-30(6)52)41(68-37(57)22-20-29(5)51)39(31(7)63-47)70-46(61)28(4)19-17-25-50(13,15-2)72-48-43(66-35(11)56)42(65-34(10)55)40(64-33(9)54)36(67-48)26-62-32(8)53/h14-15,18-19,31,36,39-44,47-48H,1-2,16-17,20-26H2,3-13H3,(H,59,60)/b27-18+,28-19+/t31-,36-,39-,40-,41+,42+,43-,44-,47+,48+,49+,50+/m1/s1. The number of carbonyl (C=O) groups excluding carboxylic acids is 9. The third kappa shape index (κ3) is 20.6. The van der Waals surface area contributed by atoms with Gasteiger partial charge in [-0.25, -0.2) is 9.59 Å². The number of carboxylic acids is 1. The van der Waals surface area contributed by atoms with Crippen LogP contribution in [0.2, 0.25) is 0 Å². The summed E-state index contributed by atoms with van der Waals surface area (Å²) in [5.74, 6) is -7.73. The molecule has 72 heavy (non-hydrogen) atoms. The van der Waals surface area contributed by atoms with E-state index in [1.807, 2.05) is 0 Å². The molecule has 1 N–H and O–H groups in total. The summed E-state index contributed by atoms with van der Waals surface area (Å²) in [6.45, 7) is 21.7. The van der Waals surface area contributed by atoms with Crippen molar-refractivity contribution in [3.05, 3.63) is 48.6 Å². The zero-order valence-electron chi connectivity index (χ0n) is 42.9. The normalized spacial score (nSPS) is 25.9. The Hall–Kier alpha value is -6.10. The van der Waals surface area contributed by atoms with Crippen LogP contribution >= 0.6 is 0 Å². The lowest BCUT2D eigenvalue weighted by Crippen LogP contribution is -2.63. The molecular formula is C50H70O22. The van der Waals surface area contributed by atoms with Gasteiger partial charge in [0.2, 0.25) is 0 Å². The lowest BCUT2D eigenvalue weighted by atomic mass is 9.95. The van der Waals surface area contributed by atoms with Crippen LogP contribution in [0.5, 0.6) is 0 Å². The first-order valence-corrected chi connectivity index (χ1v) is 23.3. The Labute approximate surface area is 419 Å². The highest BCUT2D eigenvalue weighted by Crippen LogP contribution is 2.36. The maximum absolute atomic E-state index is 14.0. The number of hydrogen-bond acceptors (Lipinski definition) is 21. The van der Waals surface area contributed by atoms with E-state index in [9.17, 15) is 53.1 Å². The highest BCUT2D eigenvalue weighted by molar-refractivity contribution is 5.88. The Morgan fingerprint density at radius 3 is 1.39 bits per heavy atom. The van der Waals surface area contributed by atoms with Gasteiger partial charge in [-0.1, -0.05) is 24.3 Å². The number of aliphatic carboxylic acids is 1. The molecule has 0 aliphatic carbocycles. The smallest absolute Gasteiger partial charge is 0.333 e. The number of esters is 7. The summed E-state index contributed by atoms with van der Waals surface area (Å²) < 4.78 is 64.2. The van der Waals surface area contributed by atoms with Gasteiger partial charge in [0.1, 0.15) is 24.3 Å². The van der Waals surface area contributed by atoms with Crippen LogP contribution in [-0.4, -0.2) is 144 Å². The van der Waals surface area contributed by atoms with Crippen LogP contribution < -0.4 is 0 Å². The first-order valence-electron chi connectivity index (χ1n) is 23.3. The topological polar surface area (TPSA) is 292 Å². The van der Waals surface area contributed by atoms with Crippen molar-refractivity contribution in [3.63, 3.8) is 0 Å². The van der Waals surface area contributed by atoms with Gasteiger partial charge >= 0.3 is 47.8 Å². The van der Waals surface area contributed by atoms with E-state index in [0.29, 0.717) is 0 Å². The maximum Gasteiger partial charge on any atom is 0.333 e. The Morgan fingerprint density at radius 1 is 0.528 bits per heavy atom. The molecule has 0 unspecified atom stereocenters. The van der Waals surface area contributed by atoms with Gasteiger partial charge in [-0.3, -0.25) is 28.8 Å². The van der Waals surface area contributed by atoms with Crippen molar-refractivity contribution in [2.75, 3.05) is 6.61 Å². The summed E-state index contributed by atoms with van der Waals surface area (Å²) in [4.78, 5) is 124. The van der Waals surface area contributed by atoms with Crippen LogP contribution in [0.3, 0.4) is 0 Å². The fourth-order valence-electron chi connectivity index (χ4n) is 7.24. The molecule has 2 heterocycles. The SMILES string of the molecule is C=C[C@@](C)(CC/C=C(\C)C(=O)O)O[C@@H]1O[C@H](C)[C@@H](OC(=O)/C(C)=C/CC[C@](C)(C=C)O[C@@H]2O[C@H](COC(C)=O)[C@@H](OC(C)=O)[C@H](OC(C)=O)[C@H]2OC(C)=O)[C@H](OC(=O)CCC(C)=O)[C@H]1OC(=O)CCC(C)=O. The summed E-state index contributed by atoms with van der Waals surface area (Å²) in [6.07, 6.45) is -9.57. The molecule has 22 heteroatoms. The molecule has 2 fully saturated rings. The number of Topliss-reactive ketones (excluding diaryl/α,β-unsaturated/α-hetero) is 2. The zero-order chi connectivity index (χ0) is 54.7. The van der Waals surface area contributed by atoms with Gasteiger partial charge in [0, 0.05) is 51.7 Å². The Morgan fingerprint density at radius 2 is 0.944 bits per heavy atom. The second kappa shape index (κ2) is 28.8. The number of carbonyl (C=O) groups is 10. The van der Waals surface area contributed by atoms with Gasteiger partial charge in [-0.15, -0.1) is 13.2 Å². The largest absolute Gasteiger partial charge is 0.478 e. The maximum atomic E-state index is 14.0. The van der Waals surface area contributed by atoms with Crippen LogP contribution in [0, 0.1) is 0 Å². The van der Waals surface area contributed by atoms with Crippen molar-refractivity contribution < 1.29 is 105 Å². The number of hydrogen-bond donors (Lipinski definition) is 1. The molecule has 2 rings (SSSR count). The lowest BCUT2D eigenvalue weighted by molar-refractivity contribution is -0.324. The van der Waals surface area contributed by atoms with E-state index in [2.05, 4.69) is 13.2 Å². The van der Waals surface area contributed by atoms with Crippen molar-refractivity contribution >= 4 is 59.3 Å². The van der Waals surface area contributed by atoms with E-state index in [-0.39, 0.29) is 67.7 Å². The third-order valence-electron chi connectivity index (χ3n) is 11.3. The van der Waals surface area contributed by atoms with Gasteiger partial charge in [-0.05, 0) is 74.1 Å². The quantitative estimate of drug-likeness (QED) is 0.0479. The molecule has 0 aromatic heterocycles. The predicted octanol–water partition coefficient (Wildman–Crippen LogP) is 4.75. The summed E-state index contributed by atoms with van der Waals surface area (Å²) in [6, 6.07) is 0.